The molecule has 0 bridgehead atoms. The number of fused-ring (bicyclic) bond motifs is 1. The highest BCUT2D eigenvalue weighted by atomic mass is 35.5. The molecule has 1 unspecified atom stereocenters. The summed E-state index contributed by atoms with van der Waals surface area (Å²) in [6.07, 6.45) is 1.92. The normalized spacial score (nSPS) is 16.8. The molecule has 3 aromatic heterocycles. The molecule has 1 aliphatic rings. The summed E-state index contributed by atoms with van der Waals surface area (Å²) in [6, 6.07) is 6.55. The third kappa shape index (κ3) is 5.69. The molecule has 1 fully saturated rings. The second-order valence-electron chi connectivity index (χ2n) is 10.8. The van der Waals surface area contributed by atoms with Crippen molar-refractivity contribution >= 4 is 44.2 Å². The molecule has 0 radical (unpaired) electrons. The summed E-state index contributed by atoms with van der Waals surface area (Å²) >= 11 is 6.25. The molecule has 0 aliphatic carbocycles. The highest BCUT2D eigenvalue weighted by molar-refractivity contribution is 7.90. The Hall–Kier alpha value is -4.81. The van der Waals surface area contributed by atoms with Crippen LogP contribution in [0.3, 0.4) is 0 Å². The fourth-order valence-corrected chi connectivity index (χ4v) is 6.62. The molecule has 2 atom stereocenters. The largest absolute Gasteiger partial charge is 0.355 e. The Morgan fingerprint density at radius 2 is 1.91 bits per heavy atom. The molecule has 1 saturated heterocycles. The molecule has 0 N–H and O–H groups in total. The van der Waals surface area contributed by atoms with Crippen molar-refractivity contribution in [2.45, 2.75) is 37.4 Å². The van der Waals surface area contributed by atoms with Gasteiger partial charge in [0.2, 0.25) is 0 Å². The number of rotatable bonds is 6. The van der Waals surface area contributed by atoms with Gasteiger partial charge in [0.05, 0.1) is 40.2 Å². The zero-order valence-corrected chi connectivity index (χ0v) is 26.2. The maximum absolute atomic E-state index is 16.0. The number of nitrogens with zero attached hydrogens (tertiary/aromatic N) is 7. The van der Waals surface area contributed by atoms with Crippen LogP contribution < -0.4 is 10.6 Å². The van der Waals surface area contributed by atoms with Gasteiger partial charge in [0.15, 0.2) is 32.2 Å². The number of aryl methyl sites for hydroxylation is 1. The lowest BCUT2D eigenvalue weighted by atomic mass is 10.0. The SMILES string of the molecule is C=C(F)C(=O)N1C[C@H](C)N(c2nc(=O)n(-c3c(C)ccnc3S(C)(=O)=O)c3nc(-c4c(F)cccc4Cl)c(F)cc23)CC1CC#N. The molecule has 1 aliphatic heterocycles. The van der Waals surface area contributed by atoms with Crippen LogP contribution in [0.2, 0.25) is 5.02 Å². The fraction of sp³-hybridized carbons (Fsp3) is 0.267. The molecule has 5 rings (SSSR count). The van der Waals surface area contributed by atoms with Crippen LogP contribution in [-0.4, -0.2) is 70.2 Å². The van der Waals surface area contributed by atoms with Crippen molar-refractivity contribution in [1.82, 2.24) is 24.4 Å². The van der Waals surface area contributed by atoms with E-state index in [1.54, 1.807) is 11.8 Å². The average molecular weight is 672 g/mol. The van der Waals surface area contributed by atoms with E-state index in [-0.39, 0.29) is 52.6 Å². The molecule has 11 nitrogen and oxygen atoms in total. The molecule has 0 saturated carbocycles. The van der Waals surface area contributed by atoms with Gasteiger partial charge in [-0.05, 0) is 43.7 Å². The van der Waals surface area contributed by atoms with E-state index in [2.05, 4.69) is 21.5 Å². The second kappa shape index (κ2) is 12.2. The van der Waals surface area contributed by atoms with Crippen LogP contribution in [0, 0.1) is 29.9 Å². The van der Waals surface area contributed by atoms with Crippen molar-refractivity contribution in [3.63, 3.8) is 0 Å². The first kappa shape index (κ1) is 32.6. The van der Waals surface area contributed by atoms with Crippen LogP contribution in [0.25, 0.3) is 28.0 Å². The number of sulfone groups is 1. The van der Waals surface area contributed by atoms with Gasteiger partial charge in [-0.25, -0.2) is 40.9 Å². The monoisotopic (exact) mass is 671 g/mol. The molecule has 1 aromatic carbocycles. The maximum atomic E-state index is 16.0. The molecule has 16 heteroatoms. The molecule has 4 aromatic rings. The molecule has 1 amide bonds. The third-order valence-electron chi connectivity index (χ3n) is 7.60. The summed E-state index contributed by atoms with van der Waals surface area (Å²) in [7, 11) is -4.05. The molecule has 46 heavy (non-hydrogen) atoms. The molecule has 238 valence electrons. The van der Waals surface area contributed by atoms with Crippen LogP contribution in [0.15, 0.2) is 58.8 Å². The number of pyridine rings is 2. The van der Waals surface area contributed by atoms with Crippen LogP contribution >= 0.6 is 11.6 Å². The topological polar surface area (TPSA) is 142 Å². The number of amides is 1. The van der Waals surface area contributed by atoms with Crippen molar-refractivity contribution in [3.05, 3.63) is 81.6 Å². The third-order valence-corrected chi connectivity index (χ3v) is 8.92. The zero-order valence-electron chi connectivity index (χ0n) is 24.6. The quantitative estimate of drug-likeness (QED) is 0.275. The summed E-state index contributed by atoms with van der Waals surface area (Å²) in [5.74, 6) is -4.27. The number of hydrogen-bond acceptors (Lipinski definition) is 9. The Kier molecular flexibility index (Phi) is 8.63. The second-order valence-corrected chi connectivity index (χ2v) is 13.1. The molecular weight excluding hydrogens is 647 g/mol. The van der Waals surface area contributed by atoms with Crippen molar-refractivity contribution in [3.8, 4) is 23.0 Å². The van der Waals surface area contributed by atoms with E-state index in [4.69, 9.17) is 11.6 Å². The summed E-state index contributed by atoms with van der Waals surface area (Å²) in [5.41, 5.74) is -2.20. The Balaban J connectivity index is 1.86. The fourth-order valence-electron chi connectivity index (χ4n) is 5.51. The predicted octanol–water partition coefficient (Wildman–Crippen LogP) is 4.29. The van der Waals surface area contributed by atoms with Gasteiger partial charge in [0, 0.05) is 31.6 Å². The van der Waals surface area contributed by atoms with Crippen molar-refractivity contribution in [2.75, 3.05) is 24.2 Å². The highest BCUT2D eigenvalue weighted by Crippen LogP contribution is 2.36. The van der Waals surface area contributed by atoms with E-state index in [0.29, 0.717) is 0 Å². The number of aromatic nitrogens is 4. The van der Waals surface area contributed by atoms with E-state index >= 15 is 8.78 Å². The van der Waals surface area contributed by atoms with Gasteiger partial charge in [-0.2, -0.15) is 10.2 Å². The predicted molar refractivity (Wildman–Crippen MR) is 164 cm³/mol. The number of benzene rings is 1. The number of nitriles is 1. The molecular formula is C30H25ClF3N7O4S. The Morgan fingerprint density at radius 3 is 2.54 bits per heavy atom. The average Bonchev–Trinajstić information content (AvgIpc) is 2.97. The molecule has 4 heterocycles. The summed E-state index contributed by atoms with van der Waals surface area (Å²) < 4.78 is 71.3. The summed E-state index contributed by atoms with van der Waals surface area (Å²) in [4.78, 5) is 41.8. The number of anilines is 1. The standard InChI is InChI=1S/C30H25ClF3N7O4S/c1-15-9-11-36-28(46(4,44)45)25(15)41-27-19(12-22(34)24(37-27)23-20(31)6-5-7-21(23)33)26(38-30(41)43)39-14-18(8-10-35)40(13-16(39)2)29(42)17(3)32/h5-7,9,11-12,16,18H,3,8,13-14H2,1-2,4H3/t16-,18?/m0/s1. The number of carbonyl (C=O) groups is 1. The zero-order chi connectivity index (χ0) is 33.7. The minimum atomic E-state index is -4.05. The van der Waals surface area contributed by atoms with Gasteiger partial charge >= 0.3 is 5.69 Å². The number of halogens is 4. The van der Waals surface area contributed by atoms with Gasteiger partial charge in [-0.3, -0.25) is 4.79 Å². The first-order valence-corrected chi connectivity index (χ1v) is 15.9. The van der Waals surface area contributed by atoms with E-state index in [0.717, 1.165) is 27.9 Å². The summed E-state index contributed by atoms with van der Waals surface area (Å²) in [5, 5.41) is 8.70. The van der Waals surface area contributed by atoms with E-state index in [9.17, 15) is 27.7 Å². The number of hydrogen-bond donors (Lipinski definition) is 0. The van der Waals surface area contributed by atoms with Crippen LogP contribution in [0.5, 0.6) is 0 Å². The minimum absolute atomic E-state index is 0.0896. The van der Waals surface area contributed by atoms with Gasteiger partial charge in [-0.15, -0.1) is 0 Å². The van der Waals surface area contributed by atoms with Crippen LogP contribution in [0.1, 0.15) is 18.9 Å². The first-order valence-electron chi connectivity index (χ1n) is 13.7. The van der Waals surface area contributed by atoms with Gasteiger partial charge in [0.25, 0.3) is 5.91 Å². The van der Waals surface area contributed by atoms with Crippen molar-refractivity contribution in [1.29, 1.82) is 5.26 Å². The van der Waals surface area contributed by atoms with Crippen molar-refractivity contribution < 1.29 is 26.4 Å². The Bertz CT molecular complexity index is 2130. The van der Waals surface area contributed by atoms with E-state index in [1.165, 1.54) is 31.3 Å². The lowest BCUT2D eigenvalue weighted by molar-refractivity contribution is -0.131. The number of piperazine rings is 1. The smallest absolute Gasteiger partial charge is 0.349 e. The lowest BCUT2D eigenvalue weighted by Gasteiger charge is -2.45. The van der Waals surface area contributed by atoms with Gasteiger partial charge in [-0.1, -0.05) is 24.2 Å². The Morgan fingerprint density at radius 1 is 1.20 bits per heavy atom. The highest BCUT2D eigenvalue weighted by Gasteiger charge is 2.37. The number of carbonyl (C=O) groups excluding carboxylic acids is 1. The van der Waals surface area contributed by atoms with E-state index in [1.807, 2.05) is 6.07 Å². The lowest BCUT2D eigenvalue weighted by Crippen LogP contribution is -2.59. The molecule has 0 spiro atoms. The van der Waals surface area contributed by atoms with Gasteiger partial charge in [0.1, 0.15) is 17.3 Å². The van der Waals surface area contributed by atoms with E-state index < -0.39 is 67.3 Å². The maximum Gasteiger partial charge on any atom is 0.355 e. The summed E-state index contributed by atoms with van der Waals surface area (Å²) in [6.45, 7) is 6.00. The van der Waals surface area contributed by atoms with Crippen molar-refractivity contribution in [2.24, 2.45) is 0 Å². The minimum Gasteiger partial charge on any atom is -0.349 e. The van der Waals surface area contributed by atoms with Crippen LogP contribution in [-0.2, 0) is 14.6 Å². The van der Waals surface area contributed by atoms with Gasteiger partial charge < -0.3 is 9.80 Å². The first-order chi connectivity index (χ1) is 21.6. The van der Waals surface area contributed by atoms with Crippen LogP contribution in [0.4, 0.5) is 19.0 Å². The Labute approximate surface area is 266 Å².